The number of nitrogens with zero attached hydrogens (tertiary/aromatic N) is 1. The van der Waals surface area contributed by atoms with E-state index in [0.717, 1.165) is 18.3 Å². The van der Waals surface area contributed by atoms with Gasteiger partial charge in [-0.05, 0) is 29.8 Å². The third-order valence-electron chi connectivity index (χ3n) is 2.88. The largest absolute Gasteiger partial charge is 0.391 e. The normalized spacial score (nSPS) is 10.6. The van der Waals surface area contributed by atoms with Crippen molar-refractivity contribution in [2.75, 3.05) is 5.32 Å². The number of carbonyl (C=O) groups is 2. The quantitative estimate of drug-likeness (QED) is 0.627. The minimum absolute atomic E-state index is 0.00973. The zero-order valence-corrected chi connectivity index (χ0v) is 12.3. The number of carbonyl (C=O) groups excluding carboxylic acids is 2. The Balaban J connectivity index is 1.86. The highest BCUT2D eigenvalue weighted by Crippen LogP contribution is 2.14. The summed E-state index contributed by atoms with van der Waals surface area (Å²) < 4.78 is 26.1. The zero-order chi connectivity index (χ0) is 17.5. The maximum atomic E-state index is 13.4. The minimum Gasteiger partial charge on any atom is -0.391 e. The number of benzene rings is 2. The fourth-order valence-electron chi connectivity index (χ4n) is 1.77. The number of nitrogens with one attached hydrogen (secondary N) is 1. The van der Waals surface area contributed by atoms with Gasteiger partial charge in [0.05, 0.1) is 5.69 Å². The van der Waals surface area contributed by atoms with Gasteiger partial charge in [0.1, 0.15) is 24.5 Å². The van der Waals surface area contributed by atoms with Gasteiger partial charge in [0.15, 0.2) is 0 Å². The molecule has 6 nitrogen and oxygen atoms in total. The van der Waals surface area contributed by atoms with Crippen LogP contribution in [0.4, 0.5) is 14.5 Å². The van der Waals surface area contributed by atoms with Crippen LogP contribution in [-0.4, -0.2) is 18.0 Å². The highest BCUT2D eigenvalue weighted by molar-refractivity contribution is 6.31. The summed E-state index contributed by atoms with van der Waals surface area (Å²) in [4.78, 5) is 27.5. The fourth-order valence-corrected chi connectivity index (χ4v) is 1.77. The van der Waals surface area contributed by atoms with Crippen molar-refractivity contribution in [1.82, 2.24) is 0 Å². The van der Waals surface area contributed by atoms with Crippen LogP contribution in [0.25, 0.3) is 0 Å². The number of rotatable bonds is 6. The van der Waals surface area contributed by atoms with Crippen molar-refractivity contribution in [3.05, 3.63) is 65.2 Å². The molecule has 0 aliphatic heterocycles. The minimum atomic E-state index is -0.902. The van der Waals surface area contributed by atoms with Crippen molar-refractivity contribution in [3.8, 4) is 0 Å². The van der Waals surface area contributed by atoms with Crippen LogP contribution in [0.3, 0.4) is 0 Å². The lowest BCUT2D eigenvalue weighted by molar-refractivity contribution is -0.110. The van der Waals surface area contributed by atoms with Gasteiger partial charge in [-0.25, -0.2) is 8.78 Å². The number of amides is 2. The lowest BCUT2D eigenvalue weighted by Gasteiger charge is -2.03. The Morgan fingerprint density at radius 1 is 1.21 bits per heavy atom. The van der Waals surface area contributed by atoms with E-state index in [1.807, 2.05) is 0 Å². The van der Waals surface area contributed by atoms with Crippen molar-refractivity contribution in [2.24, 2.45) is 10.9 Å². The molecule has 0 atom stereocenters. The maximum absolute atomic E-state index is 13.4. The van der Waals surface area contributed by atoms with Crippen LogP contribution >= 0.6 is 0 Å². The number of anilines is 1. The third kappa shape index (κ3) is 4.87. The van der Waals surface area contributed by atoms with Crippen LogP contribution < -0.4 is 11.1 Å². The molecule has 124 valence electrons. The molecular weight excluding hydrogens is 320 g/mol. The van der Waals surface area contributed by atoms with Gasteiger partial charge in [-0.2, -0.15) is 0 Å². The topological polar surface area (TPSA) is 93.8 Å². The molecular formula is C16H13F2N3O3. The van der Waals surface area contributed by atoms with Crippen LogP contribution in [0.5, 0.6) is 0 Å². The fraction of sp³-hybridized carbons (Fsp3) is 0.0625. The SMILES string of the molecule is NC(=O)c1cccc(CON=CC(=O)Nc2ccc(F)cc2F)c1. The molecule has 3 N–H and O–H groups in total. The first-order valence-electron chi connectivity index (χ1n) is 6.76. The monoisotopic (exact) mass is 333 g/mol. The van der Waals surface area contributed by atoms with Gasteiger partial charge in [0, 0.05) is 11.6 Å². The summed E-state index contributed by atoms with van der Waals surface area (Å²) in [5, 5.41) is 5.62. The van der Waals surface area contributed by atoms with Gasteiger partial charge in [0.25, 0.3) is 5.91 Å². The summed E-state index contributed by atoms with van der Waals surface area (Å²) in [5.74, 6) is -2.96. The average Bonchev–Trinajstić information content (AvgIpc) is 2.54. The Hall–Kier alpha value is -3.29. The van der Waals surface area contributed by atoms with Gasteiger partial charge in [-0.15, -0.1) is 0 Å². The van der Waals surface area contributed by atoms with Crippen molar-refractivity contribution in [3.63, 3.8) is 0 Å². The van der Waals surface area contributed by atoms with Crippen molar-refractivity contribution >= 4 is 23.7 Å². The molecule has 2 aromatic rings. The average molecular weight is 333 g/mol. The second-order valence-electron chi connectivity index (χ2n) is 4.69. The molecule has 2 rings (SSSR count). The first kappa shape index (κ1) is 17.1. The van der Waals surface area contributed by atoms with Crippen LogP contribution in [0, 0.1) is 11.6 Å². The van der Waals surface area contributed by atoms with E-state index in [1.54, 1.807) is 18.2 Å². The van der Waals surface area contributed by atoms with Gasteiger partial charge in [-0.1, -0.05) is 17.3 Å². The van der Waals surface area contributed by atoms with Crippen LogP contribution in [0.15, 0.2) is 47.6 Å². The molecule has 0 unspecified atom stereocenters. The Morgan fingerprint density at radius 3 is 2.71 bits per heavy atom. The molecule has 0 aliphatic carbocycles. The summed E-state index contributed by atoms with van der Waals surface area (Å²) in [6, 6.07) is 9.16. The van der Waals surface area contributed by atoms with E-state index >= 15 is 0 Å². The van der Waals surface area contributed by atoms with Crippen LogP contribution in [0.1, 0.15) is 15.9 Å². The second-order valence-corrected chi connectivity index (χ2v) is 4.69. The molecule has 0 bridgehead atoms. The molecule has 0 fully saturated rings. The Bertz CT molecular complexity index is 794. The molecule has 2 aromatic carbocycles. The van der Waals surface area contributed by atoms with Crippen molar-refractivity contribution in [1.29, 1.82) is 0 Å². The van der Waals surface area contributed by atoms with Crippen LogP contribution in [-0.2, 0) is 16.2 Å². The Kier molecular flexibility index (Phi) is 5.56. The first-order chi connectivity index (χ1) is 11.5. The maximum Gasteiger partial charge on any atom is 0.270 e. The van der Waals surface area contributed by atoms with Crippen molar-refractivity contribution < 1.29 is 23.2 Å². The Morgan fingerprint density at radius 2 is 2.00 bits per heavy atom. The second kappa shape index (κ2) is 7.82. The van der Waals surface area contributed by atoms with E-state index in [0.29, 0.717) is 17.2 Å². The van der Waals surface area contributed by atoms with E-state index in [9.17, 15) is 18.4 Å². The summed E-state index contributed by atoms with van der Waals surface area (Å²) >= 11 is 0. The number of nitrogens with two attached hydrogens (primary N) is 1. The smallest absolute Gasteiger partial charge is 0.270 e. The number of oxime groups is 1. The molecule has 0 radical (unpaired) electrons. The highest BCUT2D eigenvalue weighted by atomic mass is 19.1. The molecule has 2 amide bonds. The van der Waals surface area contributed by atoms with Gasteiger partial charge in [0.2, 0.25) is 5.91 Å². The van der Waals surface area contributed by atoms with E-state index in [1.165, 1.54) is 6.07 Å². The van der Waals surface area contributed by atoms with E-state index in [-0.39, 0.29) is 12.3 Å². The number of hydrogen-bond donors (Lipinski definition) is 2. The number of primary amides is 1. The van der Waals surface area contributed by atoms with E-state index in [4.69, 9.17) is 10.6 Å². The lowest BCUT2D eigenvalue weighted by atomic mass is 10.1. The number of halogens is 2. The van der Waals surface area contributed by atoms with Crippen LogP contribution in [0.2, 0.25) is 0 Å². The number of hydrogen-bond acceptors (Lipinski definition) is 4. The third-order valence-corrected chi connectivity index (χ3v) is 2.88. The molecule has 0 aromatic heterocycles. The van der Waals surface area contributed by atoms with E-state index < -0.39 is 23.4 Å². The predicted molar refractivity (Wildman–Crippen MR) is 83.2 cm³/mol. The molecule has 0 saturated heterocycles. The predicted octanol–water partition coefficient (Wildman–Crippen LogP) is 2.20. The zero-order valence-electron chi connectivity index (χ0n) is 12.3. The summed E-state index contributed by atoms with van der Waals surface area (Å²) in [6.45, 7) is 0.00973. The molecule has 8 heteroatoms. The first-order valence-corrected chi connectivity index (χ1v) is 6.76. The molecule has 24 heavy (non-hydrogen) atoms. The summed E-state index contributed by atoms with van der Waals surface area (Å²) in [5.41, 5.74) is 5.93. The summed E-state index contributed by atoms with van der Waals surface area (Å²) in [7, 11) is 0. The van der Waals surface area contributed by atoms with Gasteiger partial charge >= 0.3 is 0 Å². The lowest BCUT2D eigenvalue weighted by Crippen LogP contribution is -2.14. The Labute approximate surface area is 135 Å². The van der Waals surface area contributed by atoms with E-state index in [2.05, 4.69) is 10.5 Å². The van der Waals surface area contributed by atoms with Gasteiger partial charge in [-0.3, -0.25) is 9.59 Å². The molecule has 0 aliphatic rings. The standard InChI is InChI=1S/C16H13F2N3O3/c17-12-4-5-14(13(18)7-12)21-15(22)8-20-24-9-10-2-1-3-11(6-10)16(19)23/h1-8H,9H2,(H2,19,23)(H,21,22). The van der Waals surface area contributed by atoms with Crippen molar-refractivity contribution in [2.45, 2.75) is 6.61 Å². The van der Waals surface area contributed by atoms with Gasteiger partial charge < -0.3 is 15.9 Å². The summed E-state index contributed by atoms with van der Waals surface area (Å²) in [6.07, 6.45) is 0.806. The molecule has 0 heterocycles. The molecule has 0 spiro atoms. The highest BCUT2D eigenvalue weighted by Gasteiger charge is 2.06. The molecule has 0 saturated carbocycles.